The van der Waals surface area contributed by atoms with Crippen molar-refractivity contribution in [2.24, 2.45) is 5.92 Å². The van der Waals surface area contributed by atoms with Crippen LogP contribution in [0.4, 0.5) is 5.69 Å². The number of amides is 1. The van der Waals surface area contributed by atoms with E-state index in [1.807, 2.05) is 11.0 Å². The van der Waals surface area contributed by atoms with Gasteiger partial charge in [0, 0.05) is 31.7 Å². The average Bonchev–Trinajstić information content (AvgIpc) is 2.87. The molecule has 2 aliphatic rings. The third kappa shape index (κ3) is 4.23. The van der Waals surface area contributed by atoms with Gasteiger partial charge in [0.2, 0.25) is 5.91 Å². The quantitative estimate of drug-likeness (QED) is 0.837. The number of nitrogens with one attached hydrogen (secondary N) is 1. The second-order valence-corrected chi connectivity index (χ2v) is 6.41. The summed E-state index contributed by atoms with van der Waals surface area (Å²) in [6.45, 7) is 2.54. The molecular formula is C18H27ClN2O. The van der Waals surface area contributed by atoms with Gasteiger partial charge >= 0.3 is 0 Å². The van der Waals surface area contributed by atoms with Crippen LogP contribution in [0.15, 0.2) is 24.3 Å². The van der Waals surface area contributed by atoms with Gasteiger partial charge in [-0.2, -0.15) is 0 Å². The van der Waals surface area contributed by atoms with Crippen LogP contribution in [0.2, 0.25) is 0 Å². The Bertz CT molecular complexity index is 484. The van der Waals surface area contributed by atoms with Crippen LogP contribution < -0.4 is 10.2 Å². The smallest absolute Gasteiger partial charge is 0.227 e. The minimum absolute atomic E-state index is 0. The molecule has 4 heteroatoms. The molecule has 3 nitrogen and oxygen atoms in total. The summed E-state index contributed by atoms with van der Waals surface area (Å²) in [4.78, 5) is 14.8. The molecule has 1 heterocycles. The van der Waals surface area contributed by atoms with Gasteiger partial charge < -0.3 is 10.2 Å². The highest BCUT2D eigenvalue weighted by Crippen LogP contribution is 2.28. The third-order valence-electron chi connectivity index (χ3n) is 4.85. The van der Waals surface area contributed by atoms with Gasteiger partial charge in [-0.1, -0.05) is 43.9 Å². The van der Waals surface area contributed by atoms with Crippen molar-refractivity contribution >= 4 is 24.0 Å². The number of nitrogens with zero attached hydrogens (tertiary/aromatic N) is 1. The zero-order chi connectivity index (χ0) is 14.5. The maximum Gasteiger partial charge on any atom is 0.227 e. The van der Waals surface area contributed by atoms with Crippen LogP contribution in [0.1, 0.15) is 50.5 Å². The lowest BCUT2D eigenvalue weighted by Gasteiger charge is -2.25. The van der Waals surface area contributed by atoms with Crippen molar-refractivity contribution in [2.75, 3.05) is 18.0 Å². The zero-order valence-corrected chi connectivity index (χ0v) is 14.0. The fraction of sp³-hybridized carbons (Fsp3) is 0.611. The minimum Gasteiger partial charge on any atom is -0.311 e. The molecule has 0 bridgehead atoms. The van der Waals surface area contributed by atoms with E-state index in [9.17, 15) is 4.79 Å². The molecule has 0 spiro atoms. The number of carbonyl (C=O) groups is 1. The fourth-order valence-corrected chi connectivity index (χ4v) is 3.64. The van der Waals surface area contributed by atoms with E-state index in [1.54, 1.807) is 0 Å². The Kier molecular flexibility index (Phi) is 6.71. The summed E-state index contributed by atoms with van der Waals surface area (Å²) < 4.78 is 0. The lowest BCUT2D eigenvalue weighted by atomic mass is 9.95. The van der Waals surface area contributed by atoms with E-state index in [0.717, 1.165) is 31.7 Å². The predicted molar refractivity (Wildman–Crippen MR) is 93.6 cm³/mol. The molecule has 1 amide bonds. The number of hydrogen-bond donors (Lipinski definition) is 1. The maximum absolute atomic E-state index is 12.8. The molecule has 0 radical (unpaired) electrons. The van der Waals surface area contributed by atoms with Crippen molar-refractivity contribution in [3.63, 3.8) is 0 Å². The number of carbonyl (C=O) groups excluding carboxylic acids is 1. The molecule has 1 aliphatic heterocycles. The molecule has 1 saturated carbocycles. The van der Waals surface area contributed by atoms with Crippen molar-refractivity contribution < 1.29 is 4.79 Å². The van der Waals surface area contributed by atoms with Crippen LogP contribution in [0.25, 0.3) is 0 Å². The number of fused-ring (bicyclic) bond motifs is 1. The summed E-state index contributed by atoms with van der Waals surface area (Å²) in [5.74, 6) is 0.918. The van der Waals surface area contributed by atoms with Gasteiger partial charge in [-0.25, -0.2) is 0 Å². The number of anilines is 1. The number of hydrogen-bond acceptors (Lipinski definition) is 2. The van der Waals surface area contributed by atoms with E-state index in [2.05, 4.69) is 23.5 Å². The lowest BCUT2D eigenvalue weighted by Crippen LogP contribution is -2.35. The van der Waals surface area contributed by atoms with Crippen molar-refractivity contribution in [3.05, 3.63) is 29.8 Å². The molecule has 0 atom stereocenters. The maximum atomic E-state index is 12.8. The molecule has 0 saturated heterocycles. The molecule has 1 aromatic carbocycles. The highest BCUT2D eigenvalue weighted by atomic mass is 35.5. The Labute approximate surface area is 139 Å². The highest BCUT2D eigenvalue weighted by molar-refractivity contribution is 5.94. The van der Waals surface area contributed by atoms with Gasteiger partial charge in [-0.05, 0) is 30.4 Å². The molecule has 0 aromatic heterocycles. The first-order valence-corrected chi connectivity index (χ1v) is 8.43. The fourth-order valence-electron chi connectivity index (χ4n) is 3.64. The molecule has 1 fully saturated rings. The molecule has 1 N–H and O–H groups in total. The third-order valence-corrected chi connectivity index (χ3v) is 4.85. The van der Waals surface area contributed by atoms with Crippen molar-refractivity contribution in [1.29, 1.82) is 0 Å². The van der Waals surface area contributed by atoms with E-state index < -0.39 is 0 Å². The molecule has 1 aliphatic carbocycles. The van der Waals surface area contributed by atoms with Gasteiger partial charge in [-0.3, -0.25) is 4.79 Å². The first-order valence-electron chi connectivity index (χ1n) is 8.43. The van der Waals surface area contributed by atoms with Crippen LogP contribution in [-0.2, 0) is 11.3 Å². The van der Waals surface area contributed by atoms with E-state index in [4.69, 9.17) is 0 Å². The summed E-state index contributed by atoms with van der Waals surface area (Å²) in [5.41, 5.74) is 2.35. The Balaban J connectivity index is 0.00000176. The number of benzene rings is 1. The Morgan fingerprint density at radius 3 is 2.64 bits per heavy atom. The van der Waals surface area contributed by atoms with Gasteiger partial charge in [0.05, 0.1) is 0 Å². The first-order chi connectivity index (χ1) is 10.3. The SMILES string of the molecule is Cl.O=C(CC1CCCCCC1)N1CCNCc2ccccc21. The van der Waals surface area contributed by atoms with Crippen LogP contribution in [0, 0.1) is 5.92 Å². The summed E-state index contributed by atoms with van der Waals surface area (Å²) >= 11 is 0. The van der Waals surface area contributed by atoms with Gasteiger partial charge in [0.15, 0.2) is 0 Å². The molecular weight excluding hydrogens is 296 g/mol. The van der Waals surface area contributed by atoms with Crippen LogP contribution in [0.5, 0.6) is 0 Å². The van der Waals surface area contributed by atoms with Crippen LogP contribution in [0.3, 0.4) is 0 Å². The van der Waals surface area contributed by atoms with Gasteiger partial charge in [-0.15, -0.1) is 12.4 Å². The summed E-state index contributed by atoms with van der Waals surface area (Å²) in [6, 6.07) is 8.31. The Hall–Kier alpha value is -1.06. The van der Waals surface area contributed by atoms with Crippen LogP contribution in [-0.4, -0.2) is 19.0 Å². The van der Waals surface area contributed by atoms with Crippen molar-refractivity contribution in [2.45, 2.75) is 51.5 Å². The van der Waals surface area contributed by atoms with E-state index in [1.165, 1.54) is 44.1 Å². The highest BCUT2D eigenvalue weighted by Gasteiger charge is 2.24. The summed E-state index contributed by atoms with van der Waals surface area (Å²) in [5, 5.41) is 3.41. The zero-order valence-electron chi connectivity index (χ0n) is 13.2. The molecule has 1 aromatic rings. The van der Waals surface area contributed by atoms with Gasteiger partial charge in [0.1, 0.15) is 0 Å². The molecule has 0 unspecified atom stereocenters. The average molecular weight is 323 g/mol. The minimum atomic E-state index is 0. The summed E-state index contributed by atoms with van der Waals surface area (Å²) in [6.07, 6.45) is 8.50. The second kappa shape index (κ2) is 8.54. The molecule has 122 valence electrons. The first kappa shape index (κ1) is 17.3. The van der Waals surface area contributed by atoms with E-state index in [0.29, 0.717) is 11.8 Å². The van der Waals surface area contributed by atoms with Crippen LogP contribution >= 0.6 is 12.4 Å². The molecule has 22 heavy (non-hydrogen) atoms. The topological polar surface area (TPSA) is 32.3 Å². The number of halogens is 1. The van der Waals surface area contributed by atoms with Gasteiger partial charge in [0.25, 0.3) is 0 Å². The number of para-hydroxylation sites is 1. The predicted octanol–water partition coefficient (Wildman–Crippen LogP) is 3.91. The monoisotopic (exact) mass is 322 g/mol. The Morgan fingerprint density at radius 2 is 1.86 bits per heavy atom. The van der Waals surface area contributed by atoms with E-state index >= 15 is 0 Å². The van der Waals surface area contributed by atoms with E-state index in [-0.39, 0.29) is 12.4 Å². The second-order valence-electron chi connectivity index (χ2n) is 6.41. The molecule has 3 rings (SSSR count). The van der Waals surface area contributed by atoms with Crippen molar-refractivity contribution in [1.82, 2.24) is 5.32 Å². The Morgan fingerprint density at radius 1 is 1.14 bits per heavy atom. The number of rotatable bonds is 2. The van der Waals surface area contributed by atoms with Crippen molar-refractivity contribution in [3.8, 4) is 0 Å². The normalized spacial score (nSPS) is 19.5. The largest absolute Gasteiger partial charge is 0.311 e. The lowest BCUT2D eigenvalue weighted by molar-refractivity contribution is -0.119. The summed E-state index contributed by atoms with van der Waals surface area (Å²) in [7, 11) is 0. The standard InChI is InChI=1S/C18H26N2O.ClH/c21-18(13-15-7-3-1-2-4-8-15)20-12-11-19-14-16-9-5-6-10-17(16)20;/h5-6,9-10,15,19H,1-4,7-8,11-14H2;1H.